The van der Waals surface area contributed by atoms with Crippen molar-refractivity contribution in [2.24, 2.45) is 5.10 Å². The Bertz CT molecular complexity index is 721. The highest BCUT2D eigenvalue weighted by Crippen LogP contribution is 2.11. The molecule has 2 amide bonds. The monoisotopic (exact) mass is 343 g/mol. The maximum Gasteiger partial charge on any atom is 0.307 e. The highest BCUT2D eigenvalue weighted by atomic mass is 16.5. The van der Waals surface area contributed by atoms with Gasteiger partial charge in [-0.1, -0.05) is 12.1 Å². The second-order valence-electron chi connectivity index (χ2n) is 5.39. The lowest BCUT2D eigenvalue weighted by Gasteiger charge is -2.06. The van der Waals surface area contributed by atoms with Crippen molar-refractivity contribution >= 4 is 17.5 Å². The first-order valence-electron chi connectivity index (χ1n) is 7.85. The van der Waals surface area contributed by atoms with Crippen molar-refractivity contribution in [2.75, 3.05) is 13.7 Å². The Kier molecular flexibility index (Phi) is 6.76. The van der Waals surface area contributed by atoms with Gasteiger partial charge in [-0.25, -0.2) is 5.43 Å². The Hall–Kier alpha value is -3.09. The maximum absolute atomic E-state index is 11.9. The molecule has 0 aliphatic carbocycles. The lowest BCUT2D eigenvalue weighted by atomic mass is 10.1. The molecule has 25 heavy (non-hydrogen) atoms. The number of hydrogen-bond acceptors (Lipinski definition) is 5. The first kappa shape index (κ1) is 18.3. The molecule has 1 aromatic heterocycles. The molecule has 0 radical (unpaired) electrons. The highest BCUT2D eigenvalue weighted by molar-refractivity contribution is 6.00. The third kappa shape index (κ3) is 6.14. The number of furan rings is 1. The van der Waals surface area contributed by atoms with Crippen molar-refractivity contribution in [3.8, 4) is 5.75 Å². The van der Waals surface area contributed by atoms with Crippen LogP contribution < -0.4 is 15.5 Å². The minimum Gasteiger partial charge on any atom is -0.497 e. The average molecular weight is 343 g/mol. The second-order valence-corrected chi connectivity index (χ2v) is 5.39. The molecule has 0 saturated heterocycles. The molecule has 0 aliphatic rings. The van der Waals surface area contributed by atoms with Gasteiger partial charge >= 0.3 is 5.91 Å². The van der Waals surface area contributed by atoms with Gasteiger partial charge in [-0.3, -0.25) is 9.59 Å². The summed E-state index contributed by atoms with van der Waals surface area (Å²) in [5, 5.41) is 6.71. The predicted octanol–water partition coefficient (Wildman–Crippen LogP) is 2.14. The van der Waals surface area contributed by atoms with Gasteiger partial charge in [0.2, 0.25) is 5.91 Å². The number of ether oxygens (including phenoxy) is 1. The third-order valence-corrected chi connectivity index (χ3v) is 3.40. The minimum absolute atomic E-state index is 0.112. The van der Waals surface area contributed by atoms with Crippen molar-refractivity contribution in [2.45, 2.75) is 19.8 Å². The number of nitrogens with zero attached hydrogens (tertiary/aromatic N) is 1. The van der Waals surface area contributed by atoms with Crippen molar-refractivity contribution in [3.05, 3.63) is 54.0 Å². The van der Waals surface area contributed by atoms with E-state index < -0.39 is 5.91 Å². The van der Waals surface area contributed by atoms with Crippen LogP contribution in [0.25, 0.3) is 0 Å². The second kappa shape index (κ2) is 9.27. The molecule has 1 heterocycles. The lowest BCUT2D eigenvalue weighted by Crippen LogP contribution is -2.28. The Balaban J connectivity index is 1.69. The molecule has 132 valence electrons. The summed E-state index contributed by atoms with van der Waals surface area (Å²) < 4.78 is 10.1. The number of hydrazone groups is 1. The van der Waals surface area contributed by atoms with Crippen LogP contribution in [0.1, 0.15) is 29.5 Å². The van der Waals surface area contributed by atoms with Gasteiger partial charge in [-0.05, 0) is 43.2 Å². The van der Waals surface area contributed by atoms with E-state index in [1.54, 1.807) is 20.1 Å². The Labute approximate surface area is 146 Å². The molecule has 2 rings (SSSR count). The van der Waals surface area contributed by atoms with E-state index in [9.17, 15) is 9.59 Å². The summed E-state index contributed by atoms with van der Waals surface area (Å²) >= 11 is 0. The molecule has 0 unspecified atom stereocenters. The van der Waals surface area contributed by atoms with Crippen LogP contribution in [0.15, 0.2) is 52.2 Å². The van der Waals surface area contributed by atoms with Crippen LogP contribution in [0.2, 0.25) is 0 Å². The molecule has 0 atom stereocenters. The Morgan fingerprint density at radius 3 is 2.60 bits per heavy atom. The molecule has 2 N–H and O–H groups in total. The topological polar surface area (TPSA) is 92.9 Å². The van der Waals surface area contributed by atoms with E-state index in [-0.39, 0.29) is 18.1 Å². The maximum atomic E-state index is 11.9. The van der Waals surface area contributed by atoms with Crippen LogP contribution in [0.3, 0.4) is 0 Å². The van der Waals surface area contributed by atoms with E-state index in [4.69, 9.17) is 9.15 Å². The molecule has 0 bridgehead atoms. The zero-order valence-electron chi connectivity index (χ0n) is 14.2. The number of rotatable bonds is 8. The van der Waals surface area contributed by atoms with Gasteiger partial charge in [-0.15, -0.1) is 0 Å². The fraction of sp³-hybridized carbons (Fsp3) is 0.278. The molecule has 0 fully saturated rings. The fourth-order valence-corrected chi connectivity index (χ4v) is 2.08. The van der Waals surface area contributed by atoms with Crippen LogP contribution in [0.4, 0.5) is 0 Å². The van der Waals surface area contributed by atoms with E-state index in [2.05, 4.69) is 15.8 Å². The van der Waals surface area contributed by atoms with E-state index in [0.717, 1.165) is 17.7 Å². The molecular weight excluding hydrogens is 322 g/mol. The van der Waals surface area contributed by atoms with Crippen LogP contribution >= 0.6 is 0 Å². The van der Waals surface area contributed by atoms with Gasteiger partial charge in [0.05, 0.1) is 19.8 Å². The molecule has 1 aromatic carbocycles. The minimum atomic E-state index is -0.454. The third-order valence-electron chi connectivity index (χ3n) is 3.40. The summed E-state index contributed by atoms with van der Waals surface area (Å²) in [4.78, 5) is 23.5. The van der Waals surface area contributed by atoms with Crippen molar-refractivity contribution in [1.29, 1.82) is 0 Å². The largest absolute Gasteiger partial charge is 0.497 e. The molecular formula is C18H21N3O4. The van der Waals surface area contributed by atoms with Crippen molar-refractivity contribution < 1.29 is 18.7 Å². The first-order valence-corrected chi connectivity index (χ1v) is 7.85. The highest BCUT2D eigenvalue weighted by Gasteiger charge is 2.08. The number of methoxy groups -OCH3 is 1. The van der Waals surface area contributed by atoms with Crippen molar-refractivity contribution in [1.82, 2.24) is 10.7 Å². The quantitative estimate of drug-likeness (QED) is 0.567. The SMILES string of the molecule is COc1ccc(CCNC(=O)C/C(C)=N\NC(=O)c2ccco2)cc1. The van der Waals surface area contributed by atoms with Crippen molar-refractivity contribution in [3.63, 3.8) is 0 Å². The summed E-state index contributed by atoms with van der Waals surface area (Å²) in [7, 11) is 1.62. The molecule has 0 spiro atoms. The van der Waals surface area contributed by atoms with Gasteiger partial charge in [-0.2, -0.15) is 5.10 Å². The summed E-state index contributed by atoms with van der Waals surface area (Å²) in [6.07, 6.45) is 2.24. The normalized spacial score (nSPS) is 11.0. The van der Waals surface area contributed by atoms with Crippen LogP contribution in [0, 0.1) is 0 Å². The predicted molar refractivity (Wildman–Crippen MR) is 93.6 cm³/mol. The summed E-state index contributed by atoms with van der Waals surface area (Å²) in [5.41, 5.74) is 3.96. The van der Waals surface area contributed by atoms with E-state index in [1.807, 2.05) is 24.3 Å². The zero-order valence-corrected chi connectivity index (χ0v) is 14.2. The standard InChI is InChI=1S/C18H21N3O4/c1-13(20-21-18(23)16-4-3-11-25-16)12-17(22)19-10-9-14-5-7-15(24-2)8-6-14/h3-8,11H,9-10,12H2,1-2H3,(H,19,22)(H,21,23)/b20-13-. The van der Waals surface area contributed by atoms with Gasteiger partial charge in [0.15, 0.2) is 5.76 Å². The number of carbonyl (C=O) groups excluding carboxylic acids is 2. The first-order chi connectivity index (χ1) is 12.1. The fourth-order valence-electron chi connectivity index (χ4n) is 2.08. The van der Waals surface area contributed by atoms with Crippen LogP contribution in [0.5, 0.6) is 5.75 Å². The number of nitrogens with one attached hydrogen (secondary N) is 2. The number of benzene rings is 1. The Morgan fingerprint density at radius 2 is 1.96 bits per heavy atom. The van der Waals surface area contributed by atoms with Gasteiger partial charge in [0.25, 0.3) is 0 Å². The molecule has 7 heteroatoms. The molecule has 7 nitrogen and oxygen atoms in total. The molecule has 2 aromatic rings. The van der Waals surface area contributed by atoms with Crippen LogP contribution in [-0.2, 0) is 11.2 Å². The number of carbonyl (C=O) groups is 2. The lowest BCUT2D eigenvalue weighted by molar-refractivity contribution is -0.119. The van der Waals surface area contributed by atoms with E-state index in [1.165, 1.54) is 12.3 Å². The Morgan fingerprint density at radius 1 is 1.20 bits per heavy atom. The van der Waals surface area contributed by atoms with Gasteiger partial charge < -0.3 is 14.5 Å². The summed E-state index contributed by atoms with van der Waals surface area (Å²) in [6, 6.07) is 10.8. The molecule has 0 saturated carbocycles. The van der Waals surface area contributed by atoms with E-state index >= 15 is 0 Å². The summed E-state index contributed by atoms with van der Waals surface area (Å²) in [5.74, 6) is 0.364. The van der Waals surface area contributed by atoms with Gasteiger partial charge in [0.1, 0.15) is 5.75 Å². The smallest absolute Gasteiger partial charge is 0.307 e. The van der Waals surface area contributed by atoms with E-state index in [0.29, 0.717) is 12.3 Å². The molecule has 0 aliphatic heterocycles. The summed E-state index contributed by atoms with van der Waals surface area (Å²) in [6.45, 7) is 2.20. The van der Waals surface area contributed by atoms with Crippen LogP contribution in [-0.4, -0.2) is 31.2 Å². The number of hydrogen-bond donors (Lipinski definition) is 2. The number of amides is 2. The average Bonchev–Trinajstić information content (AvgIpc) is 3.15. The zero-order chi connectivity index (χ0) is 18.1. The van der Waals surface area contributed by atoms with Gasteiger partial charge in [0, 0.05) is 12.3 Å².